The molecule has 2 aliphatic carbocycles. The largest absolute Gasteiger partial charge is 0.485 e. The maximum Gasteiger partial charge on any atom is 0.407 e. The number of rotatable bonds is 9. The molecule has 0 fully saturated rings. The van der Waals surface area contributed by atoms with Crippen LogP contribution in [0.3, 0.4) is 0 Å². The average Bonchev–Trinajstić information content (AvgIpc) is 2.92. The predicted octanol–water partition coefficient (Wildman–Crippen LogP) is 6.28. The lowest BCUT2D eigenvalue weighted by molar-refractivity contribution is 0.0482. The number of ether oxygens (including phenoxy) is 3. The third-order valence-corrected chi connectivity index (χ3v) is 7.07. The Morgan fingerprint density at radius 3 is 2.52 bits per heavy atom. The summed E-state index contributed by atoms with van der Waals surface area (Å²) < 4.78 is 17.5. The van der Waals surface area contributed by atoms with Gasteiger partial charge in [0.25, 0.3) is 0 Å². The summed E-state index contributed by atoms with van der Waals surface area (Å²) in [5, 5.41) is 6.14. The van der Waals surface area contributed by atoms with Gasteiger partial charge in [-0.05, 0) is 95.4 Å². The first kappa shape index (κ1) is 30.9. The fourth-order valence-electron chi connectivity index (χ4n) is 5.28. The number of nitrogens with zero attached hydrogens (tertiary/aromatic N) is 1. The Bertz CT molecular complexity index is 1400. The molecule has 42 heavy (non-hydrogen) atoms. The quantitative estimate of drug-likeness (QED) is 0.266. The van der Waals surface area contributed by atoms with E-state index in [2.05, 4.69) is 54.6 Å². The molecule has 0 spiro atoms. The summed E-state index contributed by atoms with van der Waals surface area (Å²) in [4.78, 5) is 30.0. The number of nitrogens with one attached hydrogen (secondary N) is 2. The van der Waals surface area contributed by atoms with Gasteiger partial charge in [0, 0.05) is 37.0 Å². The maximum atomic E-state index is 13.4. The van der Waals surface area contributed by atoms with Crippen molar-refractivity contribution in [2.75, 3.05) is 26.2 Å². The zero-order valence-electron chi connectivity index (χ0n) is 25.8. The second-order valence-electron chi connectivity index (χ2n) is 11.5. The van der Waals surface area contributed by atoms with Gasteiger partial charge in [0.2, 0.25) is 0 Å². The maximum absolute atomic E-state index is 13.4. The van der Waals surface area contributed by atoms with Crippen molar-refractivity contribution >= 4 is 23.3 Å². The van der Waals surface area contributed by atoms with Crippen molar-refractivity contribution in [2.24, 2.45) is 10.9 Å². The molecule has 224 valence electrons. The number of esters is 1. The number of carbonyl (C=O) groups excluding carboxylic acids is 2. The summed E-state index contributed by atoms with van der Waals surface area (Å²) in [6.07, 6.45) is 8.16. The molecule has 2 unspecified atom stereocenters. The highest BCUT2D eigenvalue weighted by Gasteiger charge is 2.38. The zero-order chi connectivity index (χ0) is 30.4. The van der Waals surface area contributed by atoms with Crippen molar-refractivity contribution in [2.45, 2.75) is 66.6 Å². The molecule has 2 N–H and O–H groups in total. The van der Waals surface area contributed by atoms with Crippen LogP contribution in [-0.4, -0.2) is 55.7 Å². The Morgan fingerprint density at radius 1 is 1.05 bits per heavy atom. The topological polar surface area (TPSA) is 98.3 Å². The molecular formula is C34H43N3O5. The van der Waals surface area contributed by atoms with Gasteiger partial charge in [-0.2, -0.15) is 0 Å². The highest BCUT2D eigenvalue weighted by Crippen LogP contribution is 2.46. The van der Waals surface area contributed by atoms with E-state index < -0.39 is 17.7 Å². The van der Waals surface area contributed by atoms with Gasteiger partial charge >= 0.3 is 12.1 Å². The van der Waals surface area contributed by atoms with Crippen molar-refractivity contribution in [1.29, 1.82) is 0 Å². The summed E-state index contributed by atoms with van der Waals surface area (Å²) in [6.45, 7) is 15.7. The number of carbonyl (C=O) groups is 2. The lowest BCUT2D eigenvalue weighted by Crippen LogP contribution is -2.33. The second-order valence-corrected chi connectivity index (χ2v) is 11.5. The van der Waals surface area contributed by atoms with Crippen molar-refractivity contribution < 1.29 is 23.8 Å². The minimum Gasteiger partial charge on any atom is -0.485 e. The summed E-state index contributed by atoms with van der Waals surface area (Å²) in [5.74, 6) is 0.236. The molecule has 0 aromatic heterocycles. The van der Waals surface area contributed by atoms with Gasteiger partial charge in [0.05, 0.1) is 23.8 Å². The molecule has 4 rings (SSSR count). The lowest BCUT2D eigenvalue weighted by Gasteiger charge is -2.38. The fraction of sp³-hybridized carbons (Fsp3) is 0.441. The van der Waals surface area contributed by atoms with Crippen LogP contribution in [0.1, 0.15) is 70.8 Å². The molecule has 8 nitrogen and oxygen atoms in total. The van der Waals surface area contributed by atoms with Crippen molar-refractivity contribution in [3.8, 4) is 0 Å². The van der Waals surface area contributed by atoms with Crippen LogP contribution in [0.5, 0.6) is 0 Å². The van der Waals surface area contributed by atoms with Crippen molar-refractivity contribution in [1.82, 2.24) is 10.6 Å². The number of likely N-dealkylation sites (N-methyl/N-ethyl adjacent to an activating group) is 1. The van der Waals surface area contributed by atoms with Gasteiger partial charge in [-0.1, -0.05) is 24.3 Å². The molecule has 0 radical (unpaired) electrons. The molecule has 1 heterocycles. The van der Waals surface area contributed by atoms with Crippen LogP contribution >= 0.6 is 0 Å². The third kappa shape index (κ3) is 7.22. The van der Waals surface area contributed by atoms with Gasteiger partial charge in [-0.15, -0.1) is 0 Å². The molecule has 1 aromatic rings. The average molecular weight is 574 g/mol. The predicted molar refractivity (Wildman–Crippen MR) is 166 cm³/mol. The SMILES string of the molecule is CCN=C1C=C2OC3C=C(NCC)C(C)=CC3=C(c3ccccc3C(=O)OCCCNC(=O)OC(C)(C)C)C2C=C1C. The van der Waals surface area contributed by atoms with Crippen LogP contribution in [0.4, 0.5) is 4.79 Å². The first-order valence-corrected chi connectivity index (χ1v) is 14.8. The van der Waals surface area contributed by atoms with Gasteiger partial charge in [0.15, 0.2) is 0 Å². The van der Waals surface area contributed by atoms with E-state index in [4.69, 9.17) is 14.2 Å². The number of fused-ring (bicyclic) bond motifs is 2. The lowest BCUT2D eigenvalue weighted by atomic mass is 9.76. The minimum atomic E-state index is -0.569. The minimum absolute atomic E-state index is 0.166. The van der Waals surface area contributed by atoms with Crippen LogP contribution in [0, 0.1) is 5.92 Å². The van der Waals surface area contributed by atoms with E-state index in [-0.39, 0.29) is 18.6 Å². The number of hydrogen-bond acceptors (Lipinski definition) is 7. The molecule has 3 aliphatic rings. The highest BCUT2D eigenvalue weighted by molar-refractivity contribution is 6.10. The van der Waals surface area contributed by atoms with Crippen LogP contribution in [0.25, 0.3) is 5.57 Å². The van der Waals surface area contributed by atoms with E-state index in [0.29, 0.717) is 25.1 Å². The Hall–Kier alpha value is -4.07. The van der Waals surface area contributed by atoms with E-state index in [1.165, 1.54) is 0 Å². The number of hydrogen-bond donors (Lipinski definition) is 2. The Labute approximate surface area is 249 Å². The molecule has 2 atom stereocenters. The molecule has 1 amide bonds. The third-order valence-electron chi connectivity index (χ3n) is 7.07. The molecular weight excluding hydrogens is 530 g/mol. The molecule has 8 heteroatoms. The summed E-state index contributed by atoms with van der Waals surface area (Å²) >= 11 is 0. The van der Waals surface area contributed by atoms with E-state index in [0.717, 1.165) is 51.6 Å². The number of benzene rings is 1. The second kappa shape index (κ2) is 13.3. The molecule has 0 saturated heterocycles. The molecule has 1 aliphatic heterocycles. The normalized spacial score (nSPS) is 20.7. The number of amides is 1. The van der Waals surface area contributed by atoms with Gasteiger partial charge < -0.3 is 24.8 Å². The van der Waals surface area contributed by atoms with Crippen LogP contribution in [-0.2, 0) is 14.2 Å². The van der Waals surface area contributed by atoms with E-state index in [1.54, 1.807) is 6.07 Å². The first-order valence-electron chi connectivity index (χ1n) is 14.8. The van der Waals surface area contributed by atoms with Crippen LogP contribution < -0.4 is 10.6 Å². The highest BCUT2D eigenvalue weighted by atomic mass is 16.6. The van der Waals surface area contributed by atoms with Gasteiger partial charge in [0.1, 0.15) is 17.5 Å². The Balaban J connectivity index is 1.63. The summed E-state index contributed by atoms with van der Waals surface area (Å²) in [7, 11) is 0. The summed E-state index contributed by atoms with van der Waals surface area (Å²) in [6, 6.07) is 7.58. The fourth-order valence-corrected chi connectivity index (χ4v) is 5.28. The molecule has 0 saturated carbocycles. The van der Waals surface area contributed by atoms with Crippen LogP contribution in [0.2, 0.25) is 0 Å². The number of aliphatic imine (C=N–C) groups is 1. The molecule has 1 aromatic carbocycles. The van der Waals surface area contributed by atoms with E-state index in [1.807, 2.05) is 52.0 Å². The molecule has 0 bridgehead atoms. The van der Waals surface area contributed by atoms with E-state index >= 15 is 0 Å². The van der Waals surface area contributed by atoms with Gasteiger partial charge in [-0.25, -0.2) is 9.59 Å². The van der Waals surface area contributed by atoms with Gasteiger partial charge in [-0.3, -0.25) is 4.99 Å². The Kier molecular flexibility index (Phi) is 9.76. The first-order chi connectivity index (χ1) is 20.0. The zero-order valence-corrected chi connectivity index (χ0v) is 25.8. The standard InChI is InChI=1S/C34H43N3O5/c1-8-35-27-19-29-25(17-21(27)3)31(26-18-22(4)28(36-9-2)20-30(26)41-29)23-13-10-11-14-24(23)32(38)40-16-12-15-37-33(39)42-34(5,6)7/h10-11,13-14,17-20,25,30,36H,8-9,12,15-16H2,1-7H3,(H,37,39). The Morgan fingerprint density at radius 2 is 1.81 bits per heavy atom. The summed E-state index contributed by atoms with van der Waals surface area (Å²) in [5.41, 5.74) is 6.93. The monoisotopic (exact) mass is 573 g/mol. The van der Waals surface area contributed by atoms with E-state index in [9.17, 15) is 9.59 Å². The number of alkyl carbamates (subject to hydrolysis) is 1. The van der Waals surface area contributed by atoms with Crippen molar-refractivity contribution in [3.05, 3.63) is 87.9 Å². The smallest absolute Gasteiger partial charge is 0.407 e. The number of allylic oxidation sites excluding steroid dienone is 4. The van der Waals surface area contributed by atoms with Crippen molar-refractivity contribution in [3.63, 3.8) is 0 Å². The van der Waals surface area contributed by atoms with Crippen LogP contribution in [0.15, 0.2) is 81.7 Å².